The average Bonchev–Trinajstić information content (AvgIpc) is 2.75. The molecule has 114 valence electrons. The number of hydrogen-bond donors (Lipinski definition) is 2. The molecule has 2 aromatic rings. The van der Waals surface area contributed by atoms with Gasteiger partial charge in [-0.05, 0) is 24.1 Å². The molecule has 2 rings (SSSR count). The van der Waals surface area contributed by atoms with Gasteiger partial charge in [-0.15, -0.1) is 11.3 Å². The molecule has 0 radical (unpaired) electrons. The molecule has 0 saturated carbocycles. The second-order valence-corrected chi connectivity index (χ2v) is 5.76. The third-order valence-corrected chi connectivity index (χ3v) is 4.39. The van der Waals surface area contributed by atoms with E-state index in [1.54, 1.807) is 13.1 Å². The number of aromatic hydroxyl groups is 1. The molecule has 0 atom stereocenters. The molecule has 21 heavy (non-hydrogen) atoms. The number of thiophene rings is 1. The Morgan fingerprint density at radius 1 is 1.29 bits per heavy atom. The Hall–Kier alpha value is -1.69. The smallest absolute Gasteiger partial charge is 0.416 e. The Kier molecular flexibility index (Phi) is 4.46. The molecular formula is C15H16F3NOS. The van der Waals surface area contributed by atoms with Crippen molar-refractivity contribution in [3.63, 3.8) is 0 Å². The molecule has 0 amide bonds. The first-order chi connectivity index (χ1) is 9.88. The molecule has 0 unspecified atom stereocenters. The lowest BCUT2D eigenvalue weighted by atomic mass is 10.0. The zero-order valence-electron chi connectivity index (χ0n) is 11.7. The van der Waals surface area contributed by atoms with Crippen LogP contribution in [0.4, 0.5) is 18.2 Å². The molecule has 1 heterocycles. The predicted molar refractivity (Wildman–Crippen MR) is 80.0 cm³/mol. The molecule has 0 aliphatic heterocycles. The van der Waals surface area contributed by atoms with Crippen LogP contribution in [0.25, 0.3) is 11.1 Å². The molecule has 1 aromatic carbocycles. The minimum absolute atomic E-state index is 0.0746. The second kappa shape index (κ2) is 5.97. The van der Waals surface area contributed by atoms with Crippen molar-refractivity contribution in [2.24, 2.45) is 0 Å². The maximum Gasteiger partial charge on any atom is 0.416 e. The van der Waals surface area contributed by atoms with Gasteiger partial charge in [-0.2, -0.15) is 13.2 Å². The molecule has 1 aromatic heterocycles. The van der Waals surface area contributed by atoms with Crippen molar-refractivity contribution in [2.45, 2.75) is 25.9 Å². The van der Waals surface area contributed by atoms with Crippen LogP contribution in [0, 0.1) is 0 Å². The molecule has 6 heteroatoms. The molecule has 2 N–H and O–H groups in total. The first-order valence-corrected chi connectivity index (χ1v) is 7.40. The van der Waals surface area contributed by atoms with Gasteiger partial charge in [0.15, 0.2) is 0 Å². The standard InChI is InChI=1S/C15H16F3NOS/c1-3-5-11-13(20)12(14(19-2)21-11)9-6-4-7-10(8-9)15(16,17)18/h4,6-8,19-20H,3,5H2,1-2H3. The molecule has 0 spiro atoms. The summed E-state index contributed by atoms with van der Waals surface area (Å²) in [5.41, 5.74) is 0.0898. The molecule has 2 nitrogen and oxygen atoms in total. The van der Waals surface area contributed by atoms with E-state index >= 15 is 0 Å². The van der Waals surface area contributed by atoms with E-state index in [9.17, 15) is 18.3 Å². The highest BCUT2D eigenvalue weighted by atomic mass is 32.1. The Morgan fingerprint density at radius 3 is 2.57 bits per heavy atom. The van der Waals surface area contributed by atoms with Crippen molar-refractivity contribution in [1.29, 1.82) is 0 Å². The van der Waals surface area contributed by atoms with Gasteiger partial charge in [0, 0.05) is 11.9 Å². The zero-order chi connectivity index (χ0) is 15.6. The largest absolute Gasteiger partial charge is 0.506 e. The molecule has 0 aliphatic carbocycles. The van der Waals surface area contributed by atoms with E-state index in [1.165, 1.54) is 17.4 Å². The number of rotatable bonds is 4. The van der Waals surface area contributed by atoms with Crippen molar-refractivity contribution in [1.82, 2.24) is 0 Å². The summed E-state index contributed by atoms with van der Waals surface area (Å²) >= 11 is 1.38. The van der Waals surface area contributed by atoms with Crippen LogP contribution in [0.2, 0.25) is 0 Å². The van der Waals surface area contributed by atoms with Crippen molar-refractivity contribution in [2.75, 3.05) is 12.4 Å². The van der Waals surface area contributed by atoms with Gasteiger partial charge in [0.1, 0.15) is 10.8 Å². The van der Waals surface area contributed by atoms with Gasteiger partial charge < -0.3 is 10.4 Å². The van der Waals surface area contributed by atoms with Crippen LogP contribution >= 0.6 is 11.3 Å². The summed E-state index contributed by atoms with van der Waals surface area (Å²) in [4.78, 5) is 0.786. The zero-order valence-corrected chi connectivity index (χ0v) is 12.5. The lowest BCUT2D eigenvalue weighted by Crippen LogP contribution is -2.04. The Bertz CT molecular complexity index is 634. The molecular weight excluding hydrogens is 299 g/mol. The number of aryl methyl sites for hydroxylation is 1. The highest BCUT2D eigenvalue weighted by molar-refractivity contribution is 7.17. The third-order valence-electron chi connectivity index (χ3n) is 3.14. The van der Waals surface area contributed by atoms with Crippen LogP contribution in [0.1, 0.15) is 23.8 Å². The summed E-state index contributed by atoms with van der Waals surface area (Å²) in [6.45, 7) is 1.99. The van der Waals surface area contributed by atoms with E-state index in [1.807, 2.05) is 6.92 Å². The van der Waals surface area contributed by atoms with Crippen molar-refractivity contribution in [3.8, 4) is 16.9 Å². The highest BCUT2D eigenvalue weighted by Crippen LogP contribution is 2.46. The van der Waals surface area contributed by atoms with Gasteiger partial charge in [0.2, 0.25) is 0 Å². The van der Waals surface area contributed by atoms with Gasteiger partial charge in [0.05, 0.1) is 11.1 Å². The van der Waals surface area contributed by atoms with Crippen LogP contribution < -0.4 is 5.32 Å². The maximum atomic E-state index is 12.8. The molecule has 0 fully saturated rings. The van der Waals surface area contributed by atoms with Crippen molar-refractivity contribution in [3.05, 3.63) is 34.7 Å². The van der Waals surface area contributed by atoms with E-state index in [2.05, 4.69) is 5.32 Å². The van der Waals surface area contributed by atoms with Crippen LogP contribution in [0.15, 0.2) is 24.3 Å². The van der Waals surface area contributed by atoms with Crippen LogP contribution in [-0.2, 0) is 12.6 Å². The first-order valence-electron chi connectivity index (χ1n) is 6.58. The molecule has 0 bridgehead atoms. The SMILES string of the molecule is CCCc1sc(NC)c(-c2cccc(C(F)(F)F)c2)c1O. The summed E-state index contributed by atoms with van der Waals surface area (Å²) < 4.78 is 38.5. The summed E-state index contributed by atoms with van der Waals surface area (Å²) in [6.07, 6.45) is -2.84. The number of alkyl halides is 3. The van der Waals surface area contributed by atoms with Crippen molar-refractivity contribution >= 4 is 16.3 Å². The number of hydrogen-bond acceptors (Lipinski definition) is 3. The van der Waals surface area contributed by atoms with Crippen LogP contribution in [-0.4, -0.2) is 12.2 Å². The number of halogens is 3. The Labute approximate surface area is 125 Å². The maximum absolute atomic E-state index is 12.8. The monoisotopic (exact) mass is 315 g/mol. The minimum atomic E-state index is -4.40. The Balaban J connectivity index is 2.56. The van der Waals surface area contributed by atoms with E-state index in [-0.39, 0.29) is 5.75 Å². The van der Waals surface area contributed by atoms with Gasteiger partial charge in [-0.3, -0.25) is 0 Å². The summed E-state index contributed by atoms with van der Waals surface area (Å²) in [7, 11) is 1.69. The number of nitrogens with one attached hydrogen (secondary N) is 1. The minimum Gasteiger partial charge on any atom is -0.506 e. The Morgan fingerprint density at radius 2 is 2.00 bits per heavy atom. The third kappa shape index (κ3) is 3.15. The summed E-state index contributed by atoms with van der Waals surface area (Å²) in [6, 6.07) is 5.03. The first kappa shape index (κ1) is 15.7. The fourth-order valence-electron chi connectivity index (χ4n) is 2.16. The number of benzene rings is 1. The van der Waals surface area contributed by atoms with Crippen LogP contribution in [0.5, 0.6) is 5.75 Å². The topological polar surface area (TPSA) is 32.3 Å². The second-order valence-electron chi connectivity index (χ2n) is 4.66. The average molecular weight is 315 g/mol. The summed E-state index contributed by atoms with van der Waals surface area (Å²) in [5, 5.41) is 13.9. The van der Waals surface area contributed by atoms with Gasteiger partial charge in [0.25, 0.3) is 0 Å². The van der Waals surface area contributed by atoms with Gasteiger partial charge in [-0.25, -0.2) is 0 Å². The van der Waals surface area contributed by atoms with E-state index in [4.69, 9.17) is 0 Å². The quantitative estimate of drug-likeness (QED) is 0.819. The van der Waals surface area contributed by atoms with Crippen LogP contribution in [0.3, 0.4) is 0 Å². The lowest BCUT2D eigenvalue weighted by Gasteiger charge is -2.10. The number of anilines is 1. The molecule has 0 aliphatic rings. The fourth-order valence-corrected chi connectivity index (χ4v) is 3.33. The lowest BCUT2D eigenvalue weighted by molar-refractivity contribution is -0.137. The predicted octanol–water partition coefficient (Wildman–Crippen LogP) is 5.13. The summed E-state index contributed by atoms with van der Waals surface area (Å²) in [5.74, 6) is 0.0746. The van der Waals surface area contributed by atoms with E-state index < -0.39 is 11.7 Å². The normalized spacial score (nSPS) is 11.7. The van der Waals surface area contributed by atoms with E-state index in [0.29, 0.717) is 22.5 Å². The van der Waals surface area contributed by atoms with Gasteiger partial charge in [-0.1, -0.05) is 25.5 Å². The highest BCUT2D eigenvalue weighted by Gasteiger charge is 2.31. The van der Waals surface area contributed by atoms with Gasteiger partial charge >= 0.3 is 6.18 Å². The van der Waals surface area contributed by atoms with E-state index in [0.717, 1.165) is 23.4 Å². The van der Waals surface area contributed by atoms with Crippen molar-refractivity contribution < 1.29 is 18.3 Å². The fraction of sp³-hybridized carbons (Fsp3) is 0.333. The molecule has 0 saturated heterocycles.